The monoisotopic (exact) mass is 240 g/mol. The zero-order valence-electron chi connectivity index (χ0n) is 11.7. The lowest BCUT2D eigenvalue weighted by molar-refractivity contribution is 0.690. The molecule has 0 saturated carbocycles. The van der Waals surface area contributed by atoms with Crippen molar-refractivity contribution in [1.29, 1.82) is 0 Å². The minimum absolute atomic E-state index is 0.623. The van der Waals surface area contributed by atoms with Crippen molar-refractivity contribution in [2.75, 3.05) is 0 Å². The van der Waals surface area contributed by atoms with Crippen LogP contribution in [0.2, 0.25) is 0 Å². The Bertz CT molecular complexity index is 423. The van der Waals surface area contributed by atoms with E-state index in [4.69, 9.17) is 0 Å². The Balaban J connectivity index is 2.26. The lowest BCUT2D eigenvalue weighted by Gasteiger charge is -2.19. The molecule has 1 aromatic carbocycles. The van der Waals surface area contributed by atoms with Crippen LogP contribution >= 0.6 is 0 Å². The third-order valence-corrected chi connectivity index (χ3v) is 3.95. The van der Waals surface area contributed by atoms with E-state index in [1.807, 2.05) is 0 Å². The lowest BCUT2D eigenvalue weighted by atomic mass is 9.85. The summed E-state index contributed by atoms with van der Waals surface area (Å²) in [6.45, 7) is 4.56. The minimum Gasteiger partial charge on any atom is -0.0856 e. The second-order valence-corrected chi connectivity index (χ2v) is 5.26. The van der Waals surface area contributed by atoms with Gasteiger partial charge in [0.15, 0.2) is 0 Å². The van der Waals surface area contributed by atoms with Crippen molar-refractivity contribution in [3.8, 4) is 0 Å². The number of benzene rings is 1. The summed E-state index contributed by atoms with van der Waals surface area (Å²) in [5.74, 6) is 0.623. The van der Waals surface area contributed by atoms with Gasteiger partial charge in [-0.25, -0.2) is 0 Å². The molecule has 0 fully saturated rings. The summed E-state index contributed by atoms with van der Waals surface area (Å²) < 4.78 is 0. The summed E-state index contributed by atoms with van der Waals surface area (Å²) in [6.07, 6.45) is 11.0. The van der Waals surface area contributed by atoms with Crippen LogP contribution in [-0.2, 0) is 0 Å². The Morgan fingerprint density at radius 3 is 2.56 bits per heavy atom. The molecule has 0 nitrogen and oxygen atoms in total. The predicted octanol–water partition coefficient (Wildman–Crippen LogP) is 5.63. The normalized spacial score (nSPS) is 21.3. The number of hydrogen-bond donors (Lipinski definition) is 0. The molecule has 1 aliphatic rings. The van der Waals surface area contributed by atoms with Crippen LogP contribution in [0.1, 0.15) is 57.4 Å². The molecule has 18 heavy (non-hydrogen) atoms. The number of hydrogen-bond acceptors (Lipinski definition) is 0. The Morgan fingerprint density at radius 1 is 1.06 bits per heavy atom. The quantitative estimate of drug-likeness (QED) is 0.588. The first-order chi connectivity index (χ1) is 8.81. The van der Waals surface area contributed by atoms with E-state index in [1.54, 1.807) is 11.1 Å². The first kappa shape index (κ1) is 13.1. The Labute approximate surface area is 111 Å². The lowest BCUT2D eigenvalue weighted by Crippen LogP contribution is -2.02. The van der Waals surface area contributed by atoms with Crippen LogP contribution in [0.3, 0.4) is 0 Å². The maximum atomic E-state index is 2.49. The van der Waals surface area contributed by atoms with E-state index in [0.29, 0.717) is 5.92 Å². The Kier molecular flexibility index (Phi) is 4.81. The molecule has 0 amide bonds. The highest BCUT2D eigenvalue weighted by atomic mass is 14.2. The van der Waals surface area contributed by atoms with Crippen molar-refractivity contribution in [1.82, 2.24) is 0 Å². The fourth-order valence-corrected chi connectivity index (χ4v) is 2.87. The summed E-state index contributed by atoms with van der Waals surface area (Å²) in [6, 6.07) is 11.0. The second kappa shape index (κ2) is 6.58. The second-order valence-electron chi connectivity index (χ2n) is 5.26. The van der Waals surface area contributed by atoms with E-state index in [9.17, 15) is 0 Å². The molecule has 0 heteroatoms. The molecule has 1 unspecified atom stereocenters. The van der Waals surface area contributed by atoms with E-state index in [2.05, 4.69) is 56.3 Å². The summed E-state index contributed by atoms with van der Waals surface area (Å²) in [5.41, 5.74) is 4.67. The highest BCUT2D eigenvalue weighted by molar-refractivity contribution is 5.29. The van der Waals surface area contributed by atoms with Crippen molar-refractivity contribution in [3.05, 3.63) is 59.2 Å². The van der Waals surface area contributed by atoms with E-state index in [0.717, 1.165) is 0 Å². The zero-order chi connectivity index (χ0) is 12.8. The molecule has 0 bridgehead atoms. The zero-order valence-corrected chi connectivity index (χ0v) is 11.7. The van der Waals surface area contributed by atoms with Crippen molar-refractivity contribution in [3.63, 3.8) is 0 Å². The van der Waals surface area contributed by atoms with Gasteiger partial charge >= 0.3 is 0 Å². The third-order valence-electron chi connectivity index (χ3n) is 3.95. The smallest absolute Gasteiger partial charge is 0.00509 e. The Hall–Kier alpha value is -1.30. The predicted molar refractivity (Wildman–Crippen MR) is 79.8 cm³/mol. The minimum atomic E-state index is 0.623. The first-order valence-corrected chi connectivity index (χ1v) is 7.20. The van der Waals surface area contributed by atoms with Crippen LogP contribution in [0, 0.1) is 0 Å². The largest absolute Gasteiger partial charge is 0.0856 e. The van der Waals surface area contributed by atoms with Crippen molar-refractivity contribution < 1.29 is 0 Å². The van der Waals surface area contributed by atoms with Gasteiger partial charge in [-0.2, -0.15) is 0 Å². The molecule has 2 rings (SSSR count). The fourth-order valence-electron chi connectivity index (χ4n) is 2.87. The van der Waals surface area contributed by atoms with Crippen molar-refractivity contribution in [2.24, 2.45) is 0 Å². The van der Waals surface area contributed by atoms with Gasteiger partial charge in [0.2, 0.25) is 0 Å². The summed E-state index contributed by atoms with van der Waals surface area (Å²) in [7, 11) is 0. The van der Waals surface area contributed by atoms with Gasteiger partial charge in [0.25, 0.3) is 0 Å². The molecule has 0 spiro atoms. The molecule has 0 aromatic heterocycles. The number of allylic oxidation sites excluding steroid dienone is 4. The topological polar surface area (TPSA) is 0 Å². The summed E-state index contributed by atoms with van der Waals surface area (Å²) >= 11 is 0. The van der Waals surface area contributed by atoms with Gasteiger partial charge in [-0.3, -0.25) is 0 Å². The van der Waals surface area contributed by atoms with E-state index >= 15 is 0 Å². The number of rotatable bonds is 2. The van der Waals surface area contributed by atoms with Gasteiger partial charge in [0.05, 0.1) is 0 Å². The molecule has 0 saturated heterocycles. The van der Waals surface area contributed by atoms with Crippen LogP contribution in [0.15, 0.2) is 53.6 Å². The van der Waals surface area contributed by atoms with E-state index in [-0.39, 0.29) is 0 Å². The third kappa shape index (κ3) is 3.35. The molecular formula is C18H24. The van der Waals surface area contributed by atoms with Gasteiger partial charge in [0.1, 0.15) is 0 Å². The molecule has 96 valence electrons. The molecule has 1 atom stereocenters. The van der Waals surface area contributed by atoms with Gasteiger partial charge in [-0.05, 0) is 44.6 Å². The van der Waals surface area contributed by atoms with Gasteiger partial charge in [-0.15, -0.1) is 0 Å². The molecule has 1 aliphatic carbocycles. The van der Waals surface area contributed by atoms with Crippen molar-refractivity contribution in [2.45, 2.75) is 51.9 Å². The summed E-state index contributed by atoms with van der Waals surface area (Å²) in [4.78, 5) is 0. The van der Waals surface area contributed by atoms with Crippen LogP contribution in [-0.4, -0.2) is 0 Å². The standard InChI is InChI=1S/C18H24/c1-3-16-13-7-9-15(2)10-8-14-18(16)17-11-5-4-6-12-17/h4-6,10-13,18H,3,7-9,14H2,1-2H3. The highest BCUT2D eigenvalue weighted by Crippen LogP contribution is 2.33. The molecule has 0 N–H and O–H groups in total. The maximum Gasteiger partial charge on any atom is 0.00509 e. The molecule has 0 heterocycles. The van der Waals surface area contributed by atoms with Crippen LogP contribution < -0.4 is 0 Å². The van der Waals surface area contributed by atoms with Crippen LogP contribution in [0.4, 0.5) is 0 Å². The average Bonchev–Trinajstić information content (AvgIpc) is 2.50. The molecule has 1 aromatic rings. The SMILES string of the molecule is CCC1=CCCC(C)=CCCC1c1ccccc1. The molecular weight excluding hydrogens is 216 g/mol. The first-order valence-electron chi connectivity index (χ1n) is 7.20. The van der Waals surface area contributed by atoms with Gasteiger partial charge in [-0.1, -0.05) is 60.6 Å². The molecule has 0 radical (unpaired) electrons. The van der Waals surface area contributed by atoms with Gasteiger partial charge in [0, 0.05) is 5.92 Å². The maximum absolute atomic E-state index is 2.49. The van der Waals surface area contributed by atoms with Crippen LogP contribution in [0.25, 0.3) is 0 Å². The highest BCUT2D eigenvalue weighted by Gasteiger charge is 2.15. The van der Waals surface area contributed by atoms with Crippen LogP contribution in [0.5, 0.6) is 0 Å². The van der Waals surface area contributed by atoms with E-state index in [1.165, 1.54) is 37.7 Å². The molecule has 0 aliphatic heterocycles. The van der Waals surface area contributed by atoms with E-state index < -0.39 is 0 Å². The Morgan fingerprint density at radius 2 is 1.83 bits per heavy atom. The van der Waals surface area contributed by atoms with Crippen molar-refractivity contribution >= 4 is 0 Å². The fraction of sp³-hybridized carbons (Fsp3) is 0.444. The van der Waals surface area contributed by atoms with Gasteiger partial charge < -0.3 is 0 Å². The summed E-state index contributed by atoms with van der Waals surface area (Å²) in [5, 5.41) is 0. The average molecular weight is 240 g/mol.